The standard InChI is InChI=1S/C28H35N7O7S/c1-6-42-24-30-14-21(43-24)18-9-16(26(3,4)38)10-23(31-18)32-22-11-19-20(13-29-22)35(28(39,40)41)25(37)34(19)17-7-8-27(5,12-17)33-15(2)36/h9-11,13-14,17,38-41H,6-8,12H2,1-5H3,(H,33,36)(H,29,31,32)/t17?,27-/m0/s1. The summed E-state index contributed by atoms with van der Waals surface area (Å²) >= 11 is 1.31. The van der Waals surface area contributed by atoms with Gasteiger partial charge >= 0.3 is 11.8 Å². The van der Waals surface area contributed by atoms with Crippen LogP contribution < -0.4 is 21.1 Å². The van der Waals surface area contributed by atoms with E-state index in [9.17, 15) is 30.0 Å². The van der Waals surface area contributed by atoms with Gasteiger partial charge in [-0.05, 0) is 64.7 Å². The van der Waals surface area contributed by atoms with E-state index in [4.69, 9.17) is 9.72 Å². The van der Waals surface area contributed by atoms with E-state index in [1.807, 2.05) is 13.8 Å². The fraction of sp³-hybridized carbons (Fsp3) is 0.464. The monoisotopic (exact) mass is 613 g/mol. The van der Waals surface area contributed by atoms with Crippen LogP contribution in [0.2, 0.25) is 0 Å². The molecule has 6 N–H and O–H groups in total. The molecule has 0 aromatic carbocycles. The minimum absolute atomic E-state index is 0.0109. The molecule has 1 amide bonds. The maximum Gasteiger partial charge on any atom is 0.377 e. The number of thiazole rings is 1. The fourth-order valence-corrected chi connectivity index (χ4v) is 6.35. The van der Waals surface area contributed by atoms with Gasteiger partial charge < -0.3 is 35.8 Å². The van der Waals surface area contributed by atoms with Crippen molar-refractivity contribution in [3.63, 3.8) is 0 Å². The lowest BCUT2D eigenvalue weighted by Crippen LogP contribution is -2.44. The van der Waals surface area contributed by atoms with Crippen molar-refractivity contribution in [1.82, 2.24) is 29.4 Å². The molecule has 0 saturated heterocycles. The summed E-state index contributed by atoms with van der Waals surface area (Å²) in [5.41, 5.74) is -1.23. The van der Waals surface area contributed by atoms with Gasteiger partial charge in [0.25, 0.3) is 5.19 Å². The molecule has 230 valence electrons. The zero-order valence-corrected chi connectivity index (χ0v) is 25.3. The highest BCUT2D eigenvalue weighted by Crippen LogP contribution is 2.39. The van der Waals surface area contributed by atoms with E-state index in [1.54, 1.807) is 38.2 Å². The number of rotatable bonds is 9. The second-order valence-corrected chi connectivity index (χ2v) is 12.5. The number of aliphatic hydroxyl groups is 4. The van der Waals surface area contributed by atoms with Crippen molar-refractivity contribution in [2.75, 3.05) is 11.9 Å². The van der Waals surface area contributed by atoms with Gasteiger partial charge in [0, 0.05) is 24.6 Å². The van der Waals surface area contributed by atoms with Gasteiger partial charge in [-0.25, -0.2) is 24.3 Å². The van der Waals surface area contributed by atoms with Crippen LogP contribution in [0.15, 0.2) is 35.4 Å². The van der Waals surface area contributed by atoms with Gasteiger partial charge in [-0.3, -0.25) is 9.36 Å². The van der Waals surface area contributed by atoms with Crippen LogP contribution >= 0.6 is 11.3 Å². The van der Waals surface area contributed by atoms with Crippen LogP contribution in [0.5, 0.6) is 5.19 Å². The van der Waals surface area contributed by atoms with E-state index in [0.29, 0.717) is 52.7 Å². The van der Waals surface area contributed by atoms with E-state index >= 15 is 0 Å². The van der Waals surface area contributed by atoms with Crippen LogP contribution in [0, 0.1) is 0 Å². The van der Waals surface area contributed by atoms with Gasteiger partial charge in [0.1, 0.15) is 11.6 Å². The summed E-state index contributed by atoms with van der Waals surface area (Å²) in [6, 6.07) is 4.57. The molecule has 5 rings (SSSR count). The van der Waals surface area contributed by atoms with E-state index in [1.165, 1.54) is 29.0 Å². The van der Waals surface area contributed by atoms with Crippen molar-refractivity contribution in [2.24, 2.45) is 0 Å². The minimum Gasteiger partial charge on any atom is -0.470 e. The Morgan fingerprint density at radius 3 is 2.53 bits per heavy atom. The van der Waals surface area contributed by atoms with Gasteiger partial charge in [-0.15, -0.1) is 0 Å². The molecule has 2 atom stereocenters. The summed E-state index contributed by atoms with van der Waals surface area (Å²) in [7, 11) is 0. The van der Waals surface area contributed by atoms with Crippen molar-refractivity contribution in [3.8, 4) is 15.8 Å². The lowest BCUT2D eigenvalue weighted by atomic mass is 9.98. The highest BCUT2D eigenvalue weighted by atomic mass is 32.1. The number of fused-ring (bicyclic) bond motifs is 1. The number of anilines is 2. The van der Waals surface area contributed by atoms with Crippen LogP contribution in [0.25, 0.3) is 21.6 Å². The van der Waals surface area contributed by atoms with Gasteiger partial charge in [0.2, 0.25) is 5.91 Å². The SMILES string of the molecule is CCOc1ncc(-c2cc(C(C)(C)O)cc(Nc3cc4c(cn3)n(C(O)(O)O)c(=O)n4C3CC[C@](C)(NC(C)=O)C3)n2)s1. The first-order valence-corrected chi connectivity index (χ1v) is 14.6. The van der Waals surface area contributed by atoms with Gasteiger partial charge in [-0.1, -0.05) is 11.3 Å². The number of nitrogens with one attached hydrogen (secondary N) is 2. The molecular formula is C28H35N7O7S. The van der Waals surface area contributed by atoms with Crippen LogP contribution in [-0.4, -0.2) is 62.6 Å². The summed E-state index contributed by atoms with van der Waals surface area (Å²) in [5.74, 6) is 0.425. The number of ether oxygens (including phenoxy) is 1. The van der Waals surface area contributed by atoms with Crippen molar-refractivity contribution < 1.29 is 30.0 Å². The predicted molar refractivity (Wildman–Crippen MR) is 159 cm³/mol. The van der Waals surface area contributed by atoms with Gasteiger partial charge in [0.15, 0.2) is 0 Å². The number of hydrogen-bond acceptors (Lipinski definition) is 12. The number of amides is 1. The summed E-state index contributed by atoms with van der Waals surface area (Å²) in [5, 5.41) is 47.5. The molecule has 1 aliphatic rings. The number of nitrogens with zero attached hydrogens (tertiary/aromatic N) is 5. The smallest absolute Gasteiger partial charge is 0.377 e. The molecule has 14 nitrogen and oxygen atoms in total. The summed E-state index contributed by atoms with van der Waals surface area (Å²) < 4.78 is 7.33. The van der Waals surface area contributed by atoms with E-state index < -0.39 is 29.0 Å². The summed E-state index contributed by atoms with van der Waals surface area (Å²) in [4.78, 5) is 39.3. The first-order valence-electron chi connectivity index (χ1n) is 13.8. The average Bonchev–Trinajstić information content (AvgIpc) is 3.58. The normalized spacial score (nSPS) is 19.1. The molecule has 15 heteroatoms. The molecule has 0 spiro atoms. The zero-order chi connectivity index (χ0) is 31.3. The van der Waals surface area contributed by atoms with Crippen LogP contribution in [0.3, 0.4) is 0 Å². The molecule has 4 aromatic heterocycles. The third kappa shape index (κ3) is 6.26. The predicted octanol–water partition coefficient (Wildman–Crippen LogP) is 2.25. The quantitative estimate of drug-likeness (QED) is 0.151. The molecule has 1 fully saturated rings. The topological polar surface area (TPSA) is 197 Å². The second kappa shape index (κ2) is 11.0. The Balaban J connectivity index is 1.58. The third-order valence-corrected chi connectivity index (χ3v) is 8.34. The number of imidazole rings is 1. The average molecular weight is 614 g/mol. The van der Waals surface area contributed by atoms with E-state index in [-0.39, 0.29) is 22.8 Å². The van der Waals surface area contributed by atoms with Crippen molar-refractivity contribution >= 4 is 39.9 Å². The highest BCUT2D eigenvalue weighted by Gasteiger charge is 2.40. The molecule has 0 bridgehead atoms. The molecule has 1 saturated carbocycles. The molecule has 0 aliphatic heterocycles. The minimum atomic E-state index is -3.47. The number of carbonyl (C=O) groups excluding carboxylic acids is 1. The Hall–Kier alpha value is -3.89. The first kappa shape index (κ1) is 30.6. The zero-order valence-electron chi connectivity index (χ0n) is 24.5. The van der Waals surface area contributed by atoms with Crippen molar-refractivity contribution in [3.05, 3.63) is 46.6 Å². The number of hydrogen-bond donors (Lipinski definition) is 6. The van der Waals surface area contributed by atoms with E-state index in [0.717, 1.165) is 4.88 Å². The van der Waals surface area contributed by atoms with E-state index in [2.05, 4.69) is 20.6 Å². The van der Waals surface area contributed by atoms with Crippen LogP contribution in [0.1, 0.15) is 65.5 Å². The molecule has 0 radical (unpaired) electrons. The van der Waals surface area contributed by atoms with Crippen molar-refractivity contribution in [1.29, 1.82) is 0 Å². The largest absolute Gasteiger partial charge is 0.470 e. The Bertz CT molecular complexity index is 1730. The lowest BCUT2D eigenvalue weighted by molar-refractivity contribution is -0.374. The second-order valence-electron chi connectivity index (χ2n) is 11.5. The summed E-state index contributed by atoms with van der Waals surface area (Å²) in [6.07, 6.45) is 0.934. The Labute approximate surface area is 250 Å². The van der Waals surface area contributed by atoms with Crippen LogP contribution in [0.4, 0.5) is 11.6 Å². The highest BCUT2D eigenvalue weighted by molar-refractivity contribution is 7.16. The third-order valence-electron chi connectivity index (χ3n) is 7.41. The lowest BCUT2D eigenvalue weighted by Gasteiger charge is -2.25. The number of aromatic nitrogens is 5. The molecule has 43 heavy (non-hydrogen) atoms. The molecule has 4 heterocycles. The van der Waals surface area contributed by atoms with Crippen LogP contribution in [-0.2, 0) is 16.5 Å². The molecule has 4 aromatic rings. The van der Waals surface area contributed by atoms with Crippen molar-refractivity contribution in [2.45, 2.75) is 77.2 Å². The Morgan fingerprint density at radius 1 is 1.14 bits per heavy atom. The maximum absolute atomic E-state index is 13.5. The van der Waals surface area contributed by atoms with Gasteiger partial charge in [-0.2, -0.15) is 0 Å². The summed E-state index contributed by atoms with van der Waals surface area (Å²) in [6.45, 7) is 8.96. The Morgan fingerprint density at radius 2 is 1.88 bits per heavy atom. The maximum atomic E-state index is 13.5. The number of pyridine rings is 2. The first-order chi connectivity index (χ1) is 20.1. The number of carbonyl (C=O) groups is 1. The fourth-order valence-electron chi connectivity index (χ4n) is 5.57. The Kier molecular flexibility index (Phi) is 7.81. The molecule has 1 aliphatic carbocycles. The molecule has 1 unspecified atom stereocenters. The molecular weight excluding hydrogens is 578 g/mol. The van der Waals surface area contributed by atoms with Gasteiger partial charge in [0.05, 0.1) is 46.2 Å².